The van der Waals surface area contributed by atoms with E-state index in [4.69, 9.17) is 0 Å². The van der Waals surface area contributed by atoms with E-state index < -0.39 is 0 Å². The van der Waals surface area contributed by atoms with Crippen LogP contribution in [0.25, 0.3) is 0 Å². The molecule has 1 saturated heterocycles. The summed E-state index contributed by atoms with van der Waals surface area (Å²) in [6, 6.07) is 8.55. The molecule has 1 N–H and O–H groups in total. The van der Waals surface area contributed by atoms with E-state index in [1.807, 2.05) is 0 Å². The first-order valence-electron chi connectivity index (χ1n) is 7.65. The molecule has 1 aromatic carbocycles. The van der Waals surface area contributed by atoms with Gasteiger partial charge in [0.2, 0.25) is 0 Å². The van der Waals surface area contributed by atoms with Crippen LogP contribution in [0.3, 0.4) is 0 Å². The maximum Gasteiger partial charge on any atom is 0.143 e. The molecule has 0 spiro atoms. The van der Waals surface area contributed by atoms with Gasteiger partial charge in [-0.2, -0.15) is 0 Å². The number of rotatable bonds is 3. The number of Topliss-reactive ketones (excluding diaryl/α,β-unsaturated/α-hetero) is 1. The summed E-state index contributed by atoms with van der Waals surface area (Å²) in [5.41, 5.74) is 2.50. The van der Waals surface area contributed by atoms with Crippen LogP contribution in [0.1, 0.15) is 51.7 Å². The molecular formula is C18H27NO. The van der Waals surface area contributed by atoms with Crippen molar-refractivity contribution in [1.82, 2.24) is 5.32 Å². The third-order valence-corrected chi connectivity index (χ3v) is 4.56. The molecule has 1 aliphatic heterocycles. The summed E-state index contributed by atoms with van der Waals surface area (Å²) < 4.78 is 0. The Kier molecular flexibility index (Phi) is 4.33. The molecular weight excluding hydrogens is 246 g/mol. The number of ketones is 1. The Hall–Kier alpha value is -1.15. The Morgan fingerprint density at radius 2 is 1.70 bits per heavy atom. The molecule has 0 saturated carbocycles. The highest BCUT2D eigenvalue weighted by molar-refractivity contribution is 5.86. The van der Waals surface area contributed by atoms with E-state index in [9.17, 15) is 4.79 Å². The fourth-order valence-electron chi connectivity index (χ4n) is 2.78. The molecule has 0 aromatic heterocycles. The Morgan fingerprint density at radius 3 is 2.20 bits per heavy atom. The zero-order valence-corrected chi connectivity index (χ0v) is 13.3. The largest absolute Gasteiger partial charge is 0.317 e. The second-order valence-electron chi connectivity index (χ2n) is 7.36. The second kappa shape index (κ2) is 5.69. The molecule has 2 nitrogen and oxygen atoms in total. The van der Waals surface area contributed by atoms with Gasteiger partial charge in [0.25, 0.3) is 0 Å². The molecule has 1 heterocycles. The Labute approximate surface area is 123 Å². The summed E-state index contributed by atoms with van der Waals surface area (Å²) in [6.45, 7) is 10.7. The predicted octanol–water partition coefficient (Wildman–Crippen LogP) is 3.49. The lowest BCUT2D eigenvalue weighted by Gasteiger charge is -2.32. The van der Waals surface area contributed by atoms with Gasteiger partial charge in [0, 0.05) is 11.8 Å². The van der Waals surface area contributed by atoms with Crippen molar-refractivity contribution >= 4 is 5.78 Å². The fraction of sp³-hybridized carbons (Fsp3) is 0.611. The number of carbonyl (C=O) groups is 1. The van der Waals surface area contributed by atoms with Crippen LogP contribution in [0, 0.1) is 5.41 Å². The molecule has 1 fully saturated rings. The quantitative estimate of drug-likeness (QED) is 0.913. The van der Waals surface area contributed by atoms with Crippen LogP contribution in [0.4, 0.5) is 0 Å². The molecule has 0 atom stereocenters. The first-order chi connectivity index (χ1) is 9.31. The average molecular weight is 273 g/mol. The number of piperidine rings is 1. The zero-order valence-electron chi connectivity index (χ0n) is 13.3. The number of carbonyl (C=O) groups excluding carboxylic acids is 1. The highest BCUT2D eigenvalue weighted by Gasteiger charge is 2.33. The fourth-order valence-corrected chi connectivity index (χ4v) is 2.78. The lowest BCUT2D eigenvalue weighted by molar-refractivity contribution is -0.128. The number of benzene rings is 1. The third kappa shape index (κ3) is 3.49. The highest BCUT2D eigenvalue weighted by atomic mass is 16.1. The Balaban J connectivity index is 2.04. The molecule has 2 heteroatoms. The minimum atomic E-state index is -0.131. The van der Waals surface area contributed by atoms with E-state index in [0.29, 0.717) is 12.2 Å². The monoisotopic (exact) mass is 273 g/mol. The van der Waals surface area contributed by atoms with Crippen molar-refractivity contribution in [2.45, 2.75) is 52.4 Å². The first kappa shape index (κ1) is 15.2. The van der Waals surface area contributed by atoms with E-state index in [-0.39, 0.29) is 10.8 Å². The van der Waals surface area contributed by atoms with Gasteiger partial charge in [-0.15, -0.1) is 0 Å². The molecule has 2 rings (SSSR count). The van der Waals surface area contributed by atoms with Gasteiger partial charge >= 0.3 is 0 Å². The van der Waals surface area contributed by atoms with E-state index >= 15 is 0 Å². The van der Waals surface area contributed by atoms with Crippen LogP contribution in [0.2, 0.25) is 0 Å². The molecule has 0 unspecified atom stereocenters. The van der Waals surface area contributed by atoms with Crippen LogP contribution < -0.4 is 5.32 Å². The predicted molar refractivity (Wildman–Crippen MR) is 84.1 cm³/mol. The molecule has 110 valence electrons. The van der Waals surface area contributed by atoms with Gasteiger partial charge in [-0.05, 0) is 42.5 Å². The smallest absolute Gasteiger partial charge is 0.143 e. The lowest BCUT2D eigenvalue weighted by Crippen LogP contribution is -2.40. The van der Waals surface area contributed by atoms with Gasteiger partial charge in [0.15, 0.2) is 0 Å². The summed E-state index contributed by atoms with van der Waals surface area (Å²) in [5, 5.41) is 3.33. The van der Waals surface area contributed by atoms with Crippen molar-refractivity contribution < 1.29 is 4.79 Å². The minimum Gasteiger partial charge on any atom is -0.317 e. The molecule has 1 aliphatic rings. The summed E-state index contributed by atoms with van der Waals surface area (Å²) >= 11 is 0. The van der Waals surface area contributed by atoms with Crippen molar-refractivity contribution in [3.63, 3.8) is 0 Å². The van der Waals surface area contributed by atoms with Gasteiger partial charge in [-0.25, -0.2) is 0 Å². The van der Waals surface area contributed by atoms with E-state index in [1.165, 1.54) is 5.56 Å². The first-order valence-corrected chi connectivity index (χ1v) is 7.65. The Morgan fingerprint density at radius 1 is 1.15 bits per heavy atom. The van der Waals surface area contributed by atoms with Crippen LogP contribution in [-0.4, -0.2) is 18.9 Å². The maximum atomic E-state index is 12.5. The van der Waals surface area contributed by atoms with Gasteiger partial charge in [0.05, 0.1) is 0 Å². The van der Waals surface area contributed by atoms with Gasteiger partial charge < -0.3 is 5.32 Å². The molecule has 0 radical (unpaired) electrons. The number of nitrogens with one attached hydrogen (secondary N) is 1. The number of hydrogen-bond acceptors (Lipinski definition) is 2. The van der Waals surface area contributed by atoms with Crippen LogP contribution >= 0.6 is 0 Å². The molecule has 1 aromatic rings. The minimum absolute atomic E-state index is 0.131. The van der Waals surface area contributed by atoms with E-state index in [2.05, 4.69) is 57.3 Å². The van der Waals surface area contributed by atoms with Crippen molar-refractivity contribution in [1.29, 1.82) is 0 Å². The van der Waals surface area contributed by atoms with E-state index in [1.54, 1.807) is 0 Å². The van der Waals surface area contributed by atoms with Crippen LogP contribution in [0.5, 0.6) is 0 Å². The van der Waals surface area contributed by atoms with Crippen molar-refractivity contribution in [3.05, 3.63) is 35.4 Å². The van der Waals surface area contributed by atoms with Crippen molar-refractivity contribution in [2.75, 3.05) is 13.1 Å². The average Bonchev–Trinajstić information content (AvgIpc) is 2.39. The maximum absolute atomic E-state index is 12.5. The van der Waals surface area contributed by atoms with Crippen LogP contribution in [0.15, 0.2) is 24.3 Å². The molecule has 0 bridgehead atoms. The van der Waals surface area contributed by atoms with Gasteiger partial charge in [-0.3, -0.25) is 4.79 Å². The number of hydrogen-bond donors (Lipinski definition) is 1. The molecule has 0 aliphatic carbocycles. The highest BCUT2D eigenvalue weighted by Crippen LogP contribution is 2.30. The third-order valence-electron chi connectivity index (χ3n) is 4.56. The SMILES string of the molecule is CC1(C(=O)Cc2ccc(C(C)(C)C)cc2)CCNCC1. The second-order valence-corrected chi connectivity index (χ2v) is 7.36. The Bertz CT molecular complexity index is 461. The summed E-state index contributed by atoms with van der Waals surface area (Å²) in [6.07, 6.45) is 2.50. The van der Waals surface area contributed by atoms with Crippen molar-refractivity contribution in [3.8, 4) is 0 Å². The molecule has 20 heavy (non-hydrogen) atoms. The van der Waals surface area contributed by atoms with Crippen molar-refractivity contribution in [2.24, 2.45) is 5.41 Å². The summed E-state index contributed by atoms with van der Waals surface area (Å²) in [5.74, 6) is 0.391. The molecule has 0 amide bonds. The zero-order chi connectivity index (χ0) is 14.8. The normalized spacial score (nSPS) is 18.8. The standard InChI is InChI=1S/C18H27NO/c1-17(2,3)15-7-5-14(6-8-15)13-16(20)18(4)9-11-19-12-10-18/h5-8,19H,9-13H2,1-4H3. The van der Waals surface area contributed by atoms with Gasteiger partial charge in [-0.1, -0.05) is 52.0 Å². The van der Waals surface area contributed by atoms with Crippen LogP contribution in [-0.2, 0) is 16.6 Å². The topological polar surface area (TPSA) is 29.1 Å². The summed E-state index contributed by atoms with van der Waals surface area (Å²) in [7, 11) is 0. The van der Waals surface area contributed by atoms with Gasteiger partial charge in [0.1, 0.15) is 5.78 Å². The summed E-state index contributed by atoms with van der Waals surface area (Å²) in [4.78, 5) is 12.5. The lowest BCUT2D eigenvalue weighted by atomic mass is 9.75. The van der Waals surface area contributed by atoms with E-state index in [0.717, 1.165) is 31.5 Å².